The summed E-state index contributed by atoms with van der Waals surface area (Å²) >= 11 is -0.622. The highest BCUT2D eigenvalue weighted by Crippen LogP contribution is 2.41. The molecule has 8 heteroatoms. The predicted octanol–water partition coefficient (Wildman–Crippen LogP) is 2.33. The molecular weight excluding hydrogens is 269 g/mol. The minimum absolute atomic E-state index is 0.0493. The summed E-state index contributed by atoms with van der Waals surface area (Å²) in [6, 6.07) is 3.91. The van der Waals surface area contributed by atoms with E-state index in [9.17, 15) is 18.0 Å². The second-order valence-corrected chi connectivity index (χ2v) is 4.22. The summed E-state index contributed by atoms with van der Waals surface area (Å²) in [6.45, 7) is -0.223. The number of carboxylic acids is 1. The standard InChI is InChI=1S/C10H7F3N2O2S/c11-10(12,13)18-8-6(4-15)2-1-5(3-14)7(8)9(16)17/h1-2H,3,14H2,(H,16,17). The van der Waals surface area contributed by atoms with Gasteiger partial charge in [0.1, 0.15) is 6.07 Å². The molecule has 0 bridgehead atoms. The SMILES string of the molecule is N#Cc1ccc(CN)c(C(=O)O)c1SC(F)(F)F. The van der Waals surface area contributed by atoms with Crippen LogP contribution in [0.1, 0.15) is 21.5 Å². The van der Waals surface area contributed by atoms with E-state index in [2.05, 4.69) is 0 Å². The van der Waals surface area contributed by atoms with Crippen LogP contribution in [0, 0.1) is 11.3 Å². The smallest absolute Gasteiger partial charge is 0.446 e. The molecule has 0 aliphatic rings. The molecule has 4 nitrogen and oxygen atoms in total. The molecule has 3 N–H and O–H groups in total. The lowest BCUT2D eigenvalue weighted by molar-refractivity contribution is -0.0328. The maximum Gasteiger partial charge on any atom is 0.446 e. The number of nitrogens with two attached hydrogens (primary N) is 1. The first-order valence-electron chi connectivity index (χ1n) is 4.55. The molecule has 0 aliphatic heterocycles. The van der Waals surface area contributed by atoms with Crippen molar-refractivity contribution in [2.24, 2.45) is 5.73 Å². The molecule has 0 amide bonds. The number of nitrogens with zero attached hydrogens (tertiary/aromatic N) is 1. The van der Waals surface area contributed by atoms with Crippen LogP contribution in [0.5, 0.6) is 0 Å². The molecule has 0 fully saturated rings. The lowest BCUT2D eigenvalue weighted by atomic mass is 10.0. The van der Waals surface area contributed by atoms with Crippen LogP contribution in [0.4, 0.5) is 13.2 Å². The predicted molar refractivity (Wildman–Crippen MR) is 57.9 cm³/mol. The van der Waals surface area contributed by atoms with Gasteiger partial charge >= 0.3 is 11.5 Å². The van der Waals surface area contributed by atoms with E-state index >= 15 is 0 Å². The van der Waals surface area contributed by atoms with Gasteiger partial charge in [0, 0.05) is 11.4 Å². The Bertz CT molecular complexity index is 523. The van der Waals surface area contributed by atoms with E-state index in [0.29, 0.717) is 0 Å². The first-order valence-corrected chi connectivity index (χ1v) is 5.37. The normalized spacial score (nSPS) is 11.1. The van der Waals surface area contributed by atoms with E-state index in [1.165, 1.54) is 12.1 Å². The number of nitriles is 1. The molecule has 0 radical (unpaired) electrons. The van der Waals surface area contributed by atoms with Gasteiger partial charge in [-0.05, 0) is 23.4 Å². The van der Waals surface area contributed by atoms with Crippen LogP contribution >= 0.6 is 11.8 Å². The molecule has 18 heavy (non-hydrogen) atoms. The van der Waals surface area contributed by atoms with Gasteiger partial charge in [0.25, 0.3) is 0 Å². The van der Waals surface area contributed by atoms with Crippen molar-refractivity contribution in [1.29, 1.82) is 5.26 Å². The number of hydrogen-bond donors (Lipinski definition) is 2. The van der Waals surface area contributed by atoms with Crippen molar-refractivity contribution in [3.8, 4) is 6.07 Å². The Morgan fingerprint density at radius 2 is 2.11 bits per heavy atom. The van der Waals surface area contributed by atoms with Crippen LogP contribution in [0.3, 0.4) is 0 Å². The average molecular weight is 276 g/mol. The largest absolute Gasteiger partial charge is 0.478 e. The van der Waals surface area contributed by atoms with Crippen molar-refractivity contribution in [1.82, 2.24) is 0 Å². The fourth-order valence-corrected chi connectivity index (χ4v) is 2.11. The third-order valence-electron chi connectivity index (χ3n) is 2.02. The van der Waals surface area contributed by atoms with Gasteiger partial charge in [0.15, 0.2) is 0 Å². The van der Waals surface area contributed by atoms with Gasteiger partial charge < -0.3 is 10.8 Å². The van der Waals surface area contributed by atoms with Crippen LogP contribution in [0.25, 0.3) is 0 Å². The zero-order valence-electron chi connectivity index (χ0n) is 8.78. The van der Waals surface area contributed by atoms with E-state index in [0.717, 1.165) is 6.07 Å². The molecule has 96 valence electrons. The maximum atomic E-state index is 12.4. The molecular formula is C10H7F3N2O2S. The van der Waals surface area contributed by atoms with Crippen molar-refractivity contribution in [2.75, 3.05) is 0 Å². The molecule has 0 atom stereocenters. The van der Waals surface area contributed by atoms with Crippen LogP contribution in [0.15, 0.2) is 17.0 Å². The van der Waals surface area contributed by atoms with Gasteiger partial charge in [-0.25, -0.2) is 4.79 Å². The van der Waals surface area contributed by atoms with E-state index in [1.54, 1.807) is 0 Å². The zero-order valence-corrected chi connectivity index (χ0v) is 9.60. The van der Waals surface area contributed by atoms with E-state index in [1.807, 2.05) is 0 Å². The van der Waals surface area contributed by atoms with Crippen LogP contribution in [-0.2, 0) is 6.54 Å². The molecule has 0 saturated carbocycles. The summed E-state index contributed by atoms with van der Waals surface area (Å²) in [5, 5.41) is 17.7. The van der Waals surface area contributed by atoms with Crippen LogP contribution in [-0.4, -0.2) is 16.6 Å². The second kappa shape index (κ2) is 5.29. The summed E-state index contributed by atoms with van der Waals surface area (Å²) in [5.74, 6) is -1.54. The van der Waals surface area contributed by atoms with Crippen molar-refractivity contribution in [3.63, 3.8) is 0 Å². The monoisotopic (exact) mass is 276 g/mol. The van der Waals surface area contributed by atoms with Crippen molar-refractivity contribution in [3.05, 3.63) is 28.8 Å². The van der Waals surface area contributed by atoms with Crippen LogP contribution < -0.4 is 5.73 Å². The van der Waals surface area contributed by atoms with Crippen molar-refractivity contribution in [2.45, 2.75) is 16.9 Å². The van der Waals surface area contributed by atoms with Gasteiger partial charge in [-0.1, -0.05) is 6.07 Å². The second-order valence-electron chi connectivity index (χ2n) is 3.15. The molecule has 0 spiro atoms. The Balaban J connectivity index is 3.52. The number of carbonyl (C=O) groups is 1. The maximum absolute atomic E-state index is 12.4. The summed E-state index contributed by atoms with van der Waals surface area (Å²) in [6.07, 6.45) is 0. The zero-order chi connectivity index (χ0) is 13.9. The fraction of sp³-hybridized carbons (Fsp3) is 0.200. The Hall–Kier alpha value is -1.72. The molecule has 0 aliphatic carbocycles. The lowest BCUT2D eigenvalue weighted by Crippen LogP contribution is -2.12. The summed E-state index contributed by atoms with van der Waals surface area (Å²) in [7, 11) is 0. The molecule has 0 heterocycles. The number of hydrogen-bond acceptors (Lipinski definition) is 4. The number of aromatic carboxylic acids is 1. The Labute approximate surface area is 104 Å². The van der Waals surface area contributed by atoms with Crippen LogP contribution in [0.2, 0.25) is 0 Å². The summed E-state index contributed by atoms with van der Waals surface area (Å²) in [5.41, 5.74) is -0.264. The number of alkyl halides is 3. The van der Waals surface area contributed by atoms with Gasteiger partial charge in [-0.2, -0.15) is 18.4 Å². The van der Waals surface area contributed by atoms with Crippen molar-refractivity contribution >= 4 is 17.7 Å². The third-order valence-corrected chi connectivity index (χ3v) is 2.88. The average Bonchev–Trinajstić information content (AvgIpc) is 2.25. The lowest BCUT2D eigenvalue weighted by Gasteiger charge is -2.13. The first kappa shape index (κ1) is 14.3. The van der Waals surface area contributed by atoms with E-state index in [4.69, 9.17) is 16.1 Å². The summed E-state index contributed by atoms with van der Waals surface area (Å²) in [4.78, 5) is 10.4. The minimum atomic E-state index is -4.68. The van der Waals surface area contributed by atoms with Gasteiger partial charge in [-0.15, -0.1) is 0 Å². The molecule has 1 aromatic rings. The molecule has 0 saturated heterocycles. The molecule has 1 aromatic carbocycles. The minimum Gasteiger partial charge on any atom is -0.478 e. The molecule has 0 unspecified atom stereocenters. The molecule has 1 rings (SSSR count). The number of thioether (sulfide) groups is 1. The highest BCUT2D eigenvalue weighted by molar-refractivity contribution is 8.00. The number of rotatable bonds is 3. The fourth-order valence-electron chi connectivity index (χ4n) is 1.34. The Morgan fingerprint density at radius 3 is 2.50 bits per heavy atom. The third kappa shape index (κ3) is 3.15. The highest BCUT2D eigenvalue weighted by Gasteiger charge is 2.33. The van der Waals surface area contributed by atoms with Gasteiger partial charge in [0.05, 0.1) is 11.1 Å². The first-order chi connectivity index (χ1) is 8.30. The number of benzene rings is 1. The van der Waals surface area contributed by atoms with E-state index < -0.39 is 33.7 Å². The summed E-state index contributed by atoms with van der Waals surface area (Å²) < 4.78 is 37.1. The Morgan fingerprint density at radius 1 is 1.50 bits per heavy atom. The quantitative estimate of drug-likeness (QED) is 0.827. The topological polar surface area (TPSA) is 87.1 Å². The Kier molecular flexibility index (Phi) is 4.21. The molecule has 0 aromatic heterocycles. The van der Waals surface area contributed by atoms with Gasteiger partial charge in [0.2, 0.25) is 0 Å². The van der Waals surface area contributed by atoms with E-state index in [-0.39, 0.29) is 17.7 Å². The van der Waals surface area contributed by atoms with Crippen molar-refractivity contribution < 1.29 is 23.1 Å². The number of carboxylic acid groups (broad SMARTS) is 1. The number of halogens is 3. The van der Waals surface area contributed by atoms with Gasteiger partial charge in [-0.3, -0.25) is 0 Å². The highest BCUT2D eigenvalue weighted by atomic mass is 32.2.